The predicted octanol–water partition coefficient (Wildman–Crippen LogP) is 15.0. The standard InChI is InChI=1S/C51H35NS/c1-51(2)46-16-7-5-12-41(46)42-28-25-37(31-47(42)51)52(36-26-29-49-45(30-36)43-13-6-8-17-48(43)53-49)35-23-20-33(21-24-35)38-14-9-15-44-40(38)27-22-34-19-18-32-10-3-4-11-39(32)50(34)44/h3-31H,1-2H3. The van der Waals surface area contributed by atoms with Crippen molar-refractivity contribution in [3.8, 4) is 22.3 Å². The van der Waals surface area contributed by atoms with Gasteiger partial charge in [-0.1, -0.05) is 141 Å². The van der Waals surface area contributed by atoms with Gasteiger partial charge in [0.25, 0.3) is 0 Å². The molecular weight excluding hydrogens is 659 g/mol. The number of hydrogen-bond donors (Lipinski definition) is 0. The van der Waals surface area contributed by atoms with E-state index in [9.17, 15) is 0 Å². The normalized spacial score (nSPS) is 13.2. The first-order valence-corrected chi connectivity index (χ1v) is 19.2. The minimum absolute atomic E-state index is 0.0885. The van der Waals surface area contributed by atoms with Gasteiger partial charge in [-0.15, -0.1) is 11.3 Å². The fourth-order valence-electron chi connectivity index (χ4n) is 9.04. The molecule has 0 fully saturated rings. The highest BCUT2D eigenvalue weighted by Crippen LogP contribution is 2.51. The number of nitrogens with zero attached hydrogens (tertiary/aromatic N) is 1. The van der Waals surface area contributed by atoms with E-state index >= 15 is 0 Å². The molecule has 0 saturated heterocycles. The topological polar surface area (TPSA) is 3.24 Å². The lowest BCUT2D eigenvalue weighted by Gasteiger charge is -2.28. The van der Waals surface area contributed by atoms with Gasteiger partial charge >= 0.3 is 0 Å². The monoisotopic (exact) mass is 693 g/mol. The minimum atomic E-state index is -0.0885. The number of thiophene rings is 1. The first-order chi connectivity index (χ1) is 26.0. The van der Waals surface area contributed by atoms with E-state index in [0.717, 1.165) is 11.4 Å². The van der Waals surface area contributed by atoms with E-state index in [1.54, 1.807) is 0 Å². The number of anilines is 3. The molecule has 53 heavy (non-hydrogen) atoms. The van der Waals surface area contributed by atoms with Crippen LogP contribution in [0.25, 0.3) is 74.7 Å². The summed E-state index contributed by atoms with van der Waals surface area (Å²) >= 11 is 1.87. The summed E-state index contributed by atoms with van der Waals surface area (Å²) in [5, 5.41) is 10.3. The molecule has 0 aliphatic heterocycles. The molecule has 0 N–H and O–H groups in total. The number of hydrogen-bond acceptors (Lipinski definition) is 2. The van der Waals surface area contributed by atoms with Crippen molar-refractivity contribution in [2.75, 3.05) is 4.90 Å². The summed E-state index contributed by atoms with van der Waals surface area (Å²) in [6.07, 6.45) is 0. The van der Waals surface area contributed by atoms with Crippen LogP contribution in [0.2, 0.25) is 0 Å². The first-order valence-electron chi connectivity index (χ1n) is 18.4. The second-order valence-electron chi connectivity index (χ2n) is 14.9. The Bertz CT molecular complexity index is 3090. The summed E-state index contributed by atoms with van der Waals surface area (Å²) in [4.78, 5) is 2.44. The van der Waals surface area contributed by atoms with E-state index in [1.807, 2.05) is 11.3 Å². The predicted molar refractivity (Wildman–Crippen MR) is 230 cm³/mol. The molecule has 1 aliphatic rings. The summed E-state index contributed by atoms with van der Waals surface area (Å²) in [5.41, 5.74) is 11.3. The van der Waals surface area contributed by atoms with E-state index < -0.39 is 0 Å². The van der Waals surface area contributed by atoms with Gasteiger partial charge in [0.2, 0.25) is 0 Å². The van der Waals surface area contributed by atoms with E-state index in [2.05, 4.69) is 195 Å². The van der Waals surface area contributed by atoms with Gasteiger partial charge < -0.3 is 4.90 Å². The van der Waals surface area contributed by atoms with Crippen LogP contribution in [-0.2, 0) is 5.41 Å². The zero-order valence-electron chi connectivity index (χ0n) is 29.6. The molecule has 9 aromatic carbocycles. The minimum Gasteiger partial charge on any atom is -0.310 e. The molecule has 1 nitrogen and oxygen atoms in total. The van der Waals surface area contributed by atoms with Crippen molar-refractivity contribution in [3.63, 3.8) is 0 Å². The average Bonchev–Trinajstić information content (AvgIpc) is 3.69. The van der Waals surface area contributed by atoms with Gasteiger partial charge in [-0.2, -0.15) is 0 Å². The highest BCUT2D eigenvalue weighted by Gasteiger charge is 2.35. The molecule has 1 heterocycles. The fraction of sp³-hybridized carbons (Fsp3) is 0.0588. The molecule has 10 aromatic rings. The summed E-state index contributed by atoms with van der Waals surface area (Å²) in [6.45, 7) is 4.72. The number of rotatable bonds is 4. The van der Waals surface area contributed by atoms with Crippen molar-refractivity contribution in [1.29, 1.82) is 0 Å². The van der Waals surface area contributed by atoms with Crippen molar-refractivity contribution >= 4 is 80.9 Å². The van der Waals surface area contributed by atoms with Crippen LogP contribution >= 0.6 is 11.3 Å². The van der Waals surface area contributed by atoms with Crippen LogP contribution in [0.4, 0.5) is 17.1 Å². The molecule has 0 atom stereocenters. The molecule has 1 aromatic heterocycles. The van der Waals surface area contributed by atoms with Crippen LogP contribution in [0.5, 0.6) is 0 Å². The summed E-state index contributed by atoms with van der Waals surface area (Å²) in [5.74, 6) is 0. The third kappa shape index (κ3) is 4.56. The third-order valence-electron chi connectivity index (χ3n) is 11.6. The maximum Gasteiger partial charge on any atom is 0.0468 e. The molecule has 0 saturated carbocycles. The van der Waals surface area contributed by atoms with Gasteiger partial charge in [-0.25, -0.2) is 0 Å². The highest BCUT2D eigenvalue weighted by molar-refractivity contribution is 7.25. The van der Waals surface area contributed by atoms with Gasteiger partial charge in [-0.3, -0.25) is 0 Å². The first kappa shape index (κ1) is 30.4. The Morgan fingerprint density at radius 2 is 1.04 bits per heavy atom. The van der Waals surface area contributed by atoms with Gasteiger partial charge in [0, 0.05) is 42.6 Å². The average molecular weight is 694 g/mol. The lowest BCUT2D eigenvalue weighted by molar-refractivity contribution is 0.660. The maximum absolute atomic E-state index is 2.44. The quantitative estimate of drug-likeness (QED) is 0.166. The molecule has 11 rings (SSSR count). The Kier molecular flexibility index (Phi) is 6.53. The molecule has 1 aliphatic carbocycles. The Morgan fingerprint density at radius 1 is 0.396 bits per heavy atom. The number of benzene rings is 9. The SMILES string of the molecule is CC1(C)c2ccccc2-c2ccc(N(c3ccc(-c4cccc5c4ccc4ccc6ccccc6c45)cc3)c3ccc4sc5ccccc5c4c3)cc21. The van der Waals surface area contributed by atoms with Crippen molar-refractivity contribution < 1.29 is 0 Å². The van der Waals surface area contributed by atoms with Crippen LogP contribution in [0.1, 0.15) is 25.0 Å². The van der Waals surface area contributed by atoms with Crippen molar-refractivity contribution in [3.05, 3.63) is 187 Å². The molecule has 2 heteroatoms. The van der Waals surface area contributed by atoms with Crippen molar-refractivity contribution in [2.24, 2.45) is 0 Å². The van der Waals surface area contributed by atoms with E-state index in [1.165, 1.54) is 91.6 Å². The van der Waals surface area contributed by atoms with Crippen molar-refractivity contribution in [1.82, 2.24) is 0 Å². The van der Waals surface area contributed by atoms with E-state index in [-0.39, 0.29) is 5.41 Å². The van der Waals surface area contributed by atoms with Gasteiger partial charge in [0.15, 0.2) is 0 Å². The molecule has 0 bridgehead atoms. The Hall–Kier alpha value is -6.22. The zero-order chi connectivity index (χ0) is 35.3. The van der Waals surface area contributed by atoms with E-state index in [0.29, 0.717) is 0 Å². The molecular formula is C51H35NS. The lowest BCUT2D eigenvalue weighted by atomic mass is 9.82. The smallest absolute Gasteiger partial charge is 0.0468 e. The van der Waals surface area contributed by atoms with Crippen LogP contribution < -0.4 is 4.90 Å². The Balaban J connectivity index is 1.08. The summed E-state index contributed by atoms with van der Waals surface area (Å²) in [7, 11) is 0. The summed E-state index contributed by atoms with van der Waals surface area (Å²) in [6, 6.07) is 65.5. The molecule has 0 amide bonds. The largest absolute Gasteiger partial charge is 0.310 e. The second kappa shape index (κ2) is 11.4. The lowest BCUT2D eigenvalue weighted by Crippen LogP contribution is -2.16. The summed E-state index contributed by atoms with van der Waals surface area (Å²) < 4.78 is 2.63. The van der Waals surface area contributed by atoms with Crippen LogP contribution in [0, 0.1) is 0 Å². The van der Waals surface area contributed by atoms with E-state index in [4.69, 9.17) is 0 Å². The van der Waals surface area contributed by atoms with Gasteiger partial charge in [0.1, 0.15) is 0 Å². The Labute approximate surface area is 313 Å². The zero-order valence-corrected chi connectivity index (χ0v) is 30.4. The van der Waals surface area contributed by atoms with Gasteiger partial charge in [-0.05, 0) is 114 Å². The van der Waals surface area contributed by atoms with Crippen molar-refractivity contribution in [2.45, 2.75) is 19.3 Å². The second-order valence-corrected chi connectivity index (χ2v) is 16.0. The fourth-order valence-corrected chi connectivity index (χ4v) is 10.1. The van der Waals surface area contributed by atoms with Crippen LogP contribution in [0.15, 0.2) is 176 Å². The third-order valence-corrected chi connectivity index (χ3v) is 12.8. The molecule has 0 unspecified atom stereocenters. The molecule has 0 spiro atoms. The van der Waals surface area contributed by atoms with Crippen LogP contribution in [0.3, 0.4) is 0 Å². The van der Waals surface area contributed by atoms with Gasteiger partial charge in [0.05, 0.1) is 0 Å². The highest BCUT2D eigenvalue weighted by atomic mass is 32.1. The molecule has 0 radical (unpaired) electrons. The number of fused-ring (bicyclic) bond motifs is 11. The molecule has 250 valence electrons. The Morgan fingerprint density at radius 3 is 1.94 bits per heavy atom. The van der Waals surface area contributed by atoms with Crippen LogP contribution in [-0.4, -0.2) is 0 Å². The maximum atomic E-state index is 2.44.